The lowest BCUT2D eigenvalue weighted by molar-refractivity contribution is -0.122. The molecule has 3 N–H and O–H groups in total. The van der Waals surface area contributed by atoms with Crippen molar-refractivity contribution in [2.75, 3.05) is 5.73 Å². The molecule has 1 unspecified atom stereocenters. The van der Waals surface area contributed by atoms with Crippen molar-refractivity contribution in [2.45, 2.75) is 46.2 Å². The largest absolute Gasteiger partial charge is 0.423 e. The van der Waals surface area contributed by atoms with E-state index in [0.29, 0.717) is 17.6 Å². The molecule has 1 amide bonds. The van der Waals surface area contributed by atoms with Crippen LogP contribution in [0.3, 0.4) is 0 Å². The summed E-state index contributed by atoms with van der Waals surface area (Å²) >= 11 is 0. The highest BCUT2D eigenvalue weighted by atomic mass is 16.4. The lowest BCUT2D eigenvalue weighted by Crippen LogP contribution is -2.31. The maximum Gasteiger partial charge on any atom is 0.242 e. The molecule has 2 heterocycles. The summed E-state index contributed by atoms with van der Waals surface area (Å²) in [6.07, 6.45) is 0. The fraction of sp³-hybridized carbons (Fsp3) is 0.538. The molecule has 114 valence electrons. The normalized spacial score (nSPS) is 12.6. The summed E-state index contributed by atoms with van der Waals surface area (Å²) in [6.45, 7) is 7.58. The number of hydrogen-bond donors (Lipinski definition) is 2. The van der Waals surface area contributed by atoms with Crippen LogP contribution < -0.4 is 11.1 Å². The number of rotatable bonds is 5. The smallest absolute Gasteiger partial charge is 0.242 e. The van der Waals surface area contributed by atoms with Gasteiger partial charge in [-0.05, 0) is 13.8 Å². The molecule has 8 heteroatoms. The predicted octanol–water partition coefficient (Wildman–Crippen LogP) is 1.16. The van der Waals surface area contributed by atoms with E-state index >= 15 is 0 Å². The molecule has 0 aliphatic rings. The molecule has 2 aromatic heterocycles. The van der Waals surface area contributed by atoms with E-state index in [1.54, 1.807) is 13.0 Å². The van der Waals surface area contributed by atoms with Crippen molar-refractivity contribution in [1.82, 2.24) is 25.3 Å². The van der Waals surface area contributed by atoms with Crippen LogP contribution in [0, 0.1) is 6.92 Å². The SMILES string of the molecule is Cc1cc(N)n(CC(=O)NC(C)c2nnc(C(C)C)o2)n1. The topological polar surface area (TPSA) is 112 Å². The monoisotopic (exact) mass is 292 g/mol. The zero-order valence-corrected chi connectivity index (χ0v) is 12.6. The van der Waals surface area contributed by atoms with Crippen LogP contribution in [0.2, 0.25) is 0 Å². The summed E-state index contributed by atoms with van der Waals surface area (Å²) in [5.74, 6) is 1.33. The summed E-state index contributed by atoms with van der Waals surface area (Å²) in [7, 11) is 0. The third kappa shape index (κ3) is 3.59. The van der Waals surface area contributed by atoms with Crippen molar-refractivity contribution >= 4 is 11.7 Å². The lowest BCUT2D eigenvalue weighted by atomic mass is 10.2. The van der Waals surface area contributed by atoms with Gasteiger partial charge in [-0.15, -0.1) is 10.2 Å². The van der Waals surface area contributed by atoms with E-state index in [-0.39, 0.29) is 24.4 Å². The van der Waals surface area contributed by atoms with Gasteiger partial charge in [-0.25, -0.2) is 4.68 Å². The van der Waals surface area contributed by atoms with Crippen LogP contribution in [0.4, 0.5) is 5.82 Å². The molecular weight excluding hydrogens is 272 g/mol. The Labute approximate surface area is 122 Å². The van der Waals surface area contributed by atoms with Gasteiger partial charge < -0.3 is 15.5 Å². The maximum absolute atomic E-state index is 12.0. The molecule has 21 heavy (non-hydrogen) atoms. The molecule has 0 spiro atoms. The van der Waals surface area contributed by atoms with Gasteiger partial charge in [0.05, 0.1) is 5.69 Å². The average Bonchev–Trinajstić information content (AvgIpc) is 2.97. The summed E-state index contributed by atoms with van der Waals surface area (Å²) in [6, 6.07) is 1.35. The highest BCUT2D eigenvalue weighted by Crippen LogP contribution is 2.16. The van der Waals surface area contributed by atoms with Crippen molar-refractivity contribution in [1.29, 1.82) is 0 Å². The van der Waals surface area contributed by atoms with Crippen LogP contribution in [-0.2, 0) is 11.3 Å². The van der Waals surface area contributed by atoms with Gasteiger partial charge in [0.2, 0.25) is 17.7 Å². The average molecular weight is 292 g/mol. The molecular formula is C13H20N6O2. The molecule has 0 saturated heterocycles. The second-order valence-electron chi connectivity index (χ2n) is 5.29. The Hall–Kier alpha value is -2.38. The van der Waals surface area contributed by atoms with Crippen LogP contribution in [0.1, 0.15) is 50.2 Å². The van der Waals surface area contributed by atoms with Crippen LogP contribution in [0.25, 0.3) is 0 Å². The molecule has 2 rings (SSSR count). The fourth-order valence-corrected chi connectivity index (χ4v) is 1.83. The van der Waals surface area contributed by atoms with Gasteiger partial charge in [-0.3, -0.25) is 4.79 Å². The number of carbonyl (C=O) groups excluding carboxylic acids is 1. The van der Waals surface area contributed by atoms with Crippen molar-refractivity contribution in [2.24, 2.45) is 0 Å². The number of amides is 1. The van der Waals surface area contributed by atoms with E-state index in [2.05, 4.69) is 20.6 Å². The molecule has 1 atom stereocenters. The summed E-state index contributed by atoms with van der Waals surface area (Å²) in [4.78, 5) is 12.0. The Balaban J connectivity index is 1.96. The Morgan fingerprint density at radius 3 is 2.57 bits per heavy atom. The standard InChI is InChI=1S/C13H20N6O2/c1-7(2)12-16-17-13(21-12)9(4)15-11(20)6-19-10(14)5-8(3)18-19/h5,7,9H,6,14H2,1-4H3,(H,15,20). The van der Waals surface area contributed by atoms with E-state index < -0.39 is 0 Å². The van der Waals surface area contributed by atoms with Gasteiger partial charge in [0.1, 0.15) is 18.4 Å². The lowest BCUT2D eigenvalue weighted by Gasteiger charge is -2.10. The van der Waals surface area contributed by atoms with E-state index in [1.165, 1.54) is 4.68 Å². The molecule has 0 aliphatic heterocycles. The second-order valence-corrected chi connectivity index (χ2v) is 5.29. The maximum atomic E-state index is 12.0. The first-order valence-electron chi connectivity index (χ1n) is 6.79. The molecule has 0 fully saturated rings. The molecule has 0 aromatic carbocycles. The third-order valence-corrected chi connectivity index (χ3v) is 2.92. The number of nitrogens with two attached hydrogens (primary N) is 1. The first kappa shape index (κ1) is 15.0. The van der Waals surface area contributed by atoms with E-state index in [0.717, 1.165) is 5.69 Å². The minimum absolute atomic E-state index is 0.0508. The van der Waals surface area contributed by atoms with Gasteiger partial charge in [-0.1, -0.05) is 13.8 Å². The Morgan fingerprint density at radius 2 is 2.05 bits per heavy atom. The van der Waals surface area contributed by atoms with Crippen LogP contribution >= 0.6 is 0 Å². The van der Waals surface area contributed by atoms with E-state index in [1.807, 2.05) is 20.8 Å². The van der Waals surface area contributed by atoms with Crippen LogP contribution in [0.5, 0.6) is 0 Å². The van der Waals surface area contributed by atoms with E-state index in [9.17, 15) is 4.79 Å². The number of aryl methyl sites for hydroxylation is 1. The number of anilines is 1. The number of hydrogen-bond acceptors (Lipinski definition) is 6. The Bertz CT molecular complexity index is 630. The molecule has 2 aromatic rings. The number of nitrogens with one attached hydrogen (secondary N) is 1. The number of aromatic nitrogens is 4. The van der Waals surface area contributed by atoms with Gasteiger partial charge in [0, 0.05) is 12.0 Å². The van der Waals surface area contributed by atoms with Crippen molar-refractivity contribution < 1.29 is 9.21 Å². The van der Waals surface area contributed by atoms with Gasteiger partial charge in [0.25, 0.3) is 0 Å². The zero-order chi connectivity index (χ0) is 15.6. The highest BCUT2D eigenvalue weighted by Gasteiger charge is 2.18. The molecule has 8 nitrogen and oxygen atoms in total. The Kier molecular flexibility index (Phi) is 4.25. The molecule has 0 bridgehead atoms. The Morgan fingerprint density at radius 1 is 1.38 bits per heavy atom. The van der Waals surface area contributed by atoms with Gasteiger partial charge >= 0.3 is 0 Å². The fourth-order valence-electron chi connectivity index (χ4n) is 1.83. The van der Waals surface area contributed by atoms with E-state index in [4.69, 9.17) is 10.2 Å². The van der Waals surface area contributed by atoms with Gasteiger partial charge in [0.15, 0.2) is 0 Å². The summed E-state index contributed by atoms with van der Waals surface area (Å²) < 4.78 is 6.95. The first-order valence-corrected chi connectivity index (χ1v) is 6.79. The minimum atomic E-state index is -0.365. The number of nitrogen functional groups attached to an aromatic ring is 1. The summed E-state index contributed by atoms with van der Waals surface area (Å²) in [5.41, 5.74) is 6.52. The third-order valence-electron chi connectivity index (χ3n) is 2.92. The minimum Gasteiger partial charge on any atom is -0.423 e. The summed E-state index contributed by atoms with van der Waals surface area (Å²) in [5, 5.41) is 14.8. The van der Waals surface area contributed by atoms with Crippen molar-refractivity contribution in [3.63, 3.8) is 0 Å². The van der Waals surface area contributed by atoms with Crippen molar-refractivity contribution in [3.05, 3.63) is 23.5 Å². The molecule has 0 saturated carbocycles. The van der Waals surface area contributed by atoms with Crippen LogP contribution in [-0.4, -0.2) is 25.9 Å². The second kappa shape index (κ2) is 5.94. The quantitative estimate of drug-likeness (QED) is 0.855. The predicted molar refractivity (Wildman–Crippen MR) is 76.3 cm³/mol. The van der Waals surface area contributed by atoms with Crippen molar-refractivity contribution in [3.8, 4) is 0 Å². The molecule has 0 aliphatic carbocycles. The zero-order valence-electron chi connectivity index (χ0n) is 12.6. The first-order chi connectivity index (χ1) is 9.86. The van der Waals surface area contributed by atoms with Crippen LogP contribution in [0.15, 0.2) is 10.5 Å². The van der Waals surface area contributed by atoms with Gasteiger partial charge in [-0.2, -0.15) is 5.10 Å². The number of nitrogens with zero attached hydrogens (tertiary/aromatic N) is 4. The number of carbonyl (C=O) groups is 1. The molecule has 0 radical (unpaired) electrons. The highest BCUT2D eigenvalue weighted by molar-refractivity contribution is 5.76.